The molecule has 1 aliphatic heterocycles. The van der Waals surface area contributed by atoms with Crippen molar-refractivity contribution >= 4 is 11.3 Å². The lowest BCUT2D eigenvalue weighted by Gasteiger charge is -2.27. The van der Waals surface area contributed by atoms with E-state index in [4.69, 9.17) is 4.98 Å². The average molecular weight is 286 g/mol. The van der Waals surface area contributed by atoms with Crippen molar-refractivity contribution in [1.29, 1.82) is 0 Å². The van der Waals surface area contributed by atoms with E-state index in [-0.39, 0.29) is 0 Å². The molecule has 2 aromatic heterocycles. The van der Waals surface area contributed by atoms with Crippen molar-refractivity contribution in [2.45, 2.75) is 45.2 Å². The van der Waals surface area contributed by atoms with E-state index in [1.807, 2.05) is 5.51 Å². The molecule has 3 heterocycles. The lowest BCUT2D eigenvalue weighted by Crippen LogP contribution is -2.31. The number of nitrogens with zero attached hydrogens (tertiary/aromatic N) is 4. The lowest BCUT2D eigenvalue weighted by molar-refractivity contribution is 0.242. The van der Waals surface area contributed by atoms with Crippen LogP contribution in [0.4, 0.5) is 0 Å². The Balaban J connectivity index is 1.53. The normalized spacial score (nSPS) is 19.1. The summed E-state index contributed by atoms with van der Waals surface area (Å²) in [6.07, 6.45) is 5.66. The summed E-state index contributed by atoms with van der Waals surface area (Å²) in [4.78, 5) is 17.5. The molecule has 0 N–H and O–H groups in total. The van der Waals surface area contributed by atoms with Crippen LogP contribution in [0.15, 0.2) is 11.7 Å². The van der Waals surface area contributed by atoms with E-state index < -0.39 is 0 Å². The van der Waals surface area contributed by atoms with Gasteiger partial charge in [-0.1, -0.05) is 0 Å². The molecular weight excluding hydrogens is 268 g/mol. The minimum atomic E-state index is 0.638. The van der Waals surface area contributed by atoms with E-state index in [9.17, 15) is 0 Å². The SMILES string of the molecule is Cc1ncsc1CN1CCc2cnc(C3CC3)nc2C1. The van der Waals surface area contributed by atoms with Gasteiger partial charge in [0, 0.05) is 36.6 Å². The Morgan fingerprint density at radius 2 is 2.25 bits per heavy atom. The molecule has 0 atom stereocenters. The van der Waals surface area contributed by atoms with E-state index in [2.05, 4.69) is 28.0 Å². The molecule has 1 saturated carbocycles. The van der Waals surface area contributed by atoms with E-state index in [0.29, 0.717) is 5.92 Å². The molecule has 0 aromatic carbocycles. The molecule has 20 heavy (non-hydrogen) atoms. The first-order valence-electron chi connectivity index (χ1n) is 7.25. The standard InChI is InChI=1S/C15H18N4S/c1-10-14(20-9-17-10)8-19-5-4-12-6-16-15(11-2-3-11)18-13(12)7-19/h6,9,11H,2-5,7-8H2,1H3. The van der Waals surface area contributed by atoms with Gasteiger partial charge in [-0.15, -0.1) is 11.3 Å². The second-order valence-corrected chi connectivity index (χ2v) is 6.74. The molecule has 2 aliphatic rings. The number of fused-ring (bicyclic) bond motifs is 1. The highest BCUT2D eigenvalue weighted by Gasteiger charge is 2.28. The Kier molecular flexibility index (Phi) is 3.04. The number of thiazole rings is 1. The van der Waals surface area contributed by atoms with Gasteiger partial charge in [-0.25, -0.2) is 15.0 Å². The van der Waals surface area contributed by atoms with Gasteiger partial charge in [0.25, 0.3) is 0 Å². The zero-order valence-electron chi connectivity index (χ0n) is 11.7. The van der Waals surface area contributed by atoms with Crippen LogP contribution < -0.4 is 0 Å². The van der Waals surface area contributed by atoms with Gasteiger partial charge < -0.3 is 0 Å². The molecule has 1 fully saturated rings. The minimum Gasteiger partial charge on any atom is -0.292 e. The number of aromatic nitrogens is 3. The number of hydrogen-bond acceptors (Lipinski definition) is 5. The first-order chi connectivity index (χ1) is 9.79. The smallest absolute Gasteiger partial charge is 0.131 e. The van der Waals surface area contributed by atoms with Gasteiger partial charge in [0.05, 0.1) is 16.9 Å². The molecular formula is C15H18N4S. The summed E-state index contributed by atoms with van der Waals surface area (Å²) in [6, 6.07) is 0. The molecule has 0 saturated heterocycles. The molecule has 4 nitrogen and oxygen atoms in total. The van der Waals surface area contributed by atoms with E-state index in [1.165, 1.54) is 34.7 Å². The lowest BCUT2D eigenvalue weighted by atomic mass is 10.1. The minimum absolute atomic E-state index is 0.638. The fourth-order valence-electron chi connectivity index (χ4n) is 2.73. The van der Waals surface area contributed by atoms with Crippen molar-refractivity contribution in [3.8, 4) is 0 Å². The molecule has 0 spiro atoms. The monoisotopic (exact) mass is 286 g/mol. The Labute approximate surface area is 122 Å². The quantitative estimate of drug-likeness (QED) is 0.870. The van der Waals surface area contributed by atoms with Crippen LogP contribution in [0.5, 0.6) is 0 Å². The Hall–Kier alpha value is -1.33. The van der Waals surface area contributed by atoms with Gasteiger partial charge in [0.15, 0.2) is 0 Å². The summed E-state index contributed by atoms with van der Waals surface area (Å²) in [5.41, 5.74) is 5.69. The molecule has 1 aliphatic carbocycles. The summed E-state index contributed by atoms with van der Waals surface area (Å²) in [6.45, 7) is 5.14. The maximum absolute atomic E-state index is 4.81. The number of hydrogen-bond donors (Lipinski definition) is 0. The van der Waals surface area contributed by atoms with Crippen LogP contribution in [0.1, 0.15) is 46.4 Å². The van der Waals surface area contributed by atoms with Crippen molar-refractivity contribution in [3.05, 3.63) is 39.4 Å². The molecule has 0 bridgehead atoms. The predicted octanol–water partition coefficient (Wildman–Crippen LogP) is 2.68. The van der Waals surface area contributed by atoms with E-state index >= 15 is 0 Å². The maximum atomic E-state index is 4.81. The van der Waals surface area contributed by atoms with Crippen LogP contribution in [0.25, 0.3) is 0 Å². The Morgan fingerprint density at radius 1 is 1.35 bits per heavy atom. The molecule has 0 radical (unpaired) electrons. The molecule has 104 valence electrons. The van der Waals surface area contributed by atoms with Crippen LogP contribution in [-0.2, 0) is 19.5 Å². The van der Waals surface area contributed by atoms with E-state index in [0.717, 1.165) is 31.9 Å². The first kappa shape index (κ1) is 12.4. The van der Waals surface area contributed by atoms with Crippen molar-refractivity contribution < 1.29 is 0 Å². The summed E-state index contributed by atoms with van der Waals surface area (Å²) in [5, 5.41) is 0. The summed E-state index contributed by atoms with van der Waals surface area (Å²) in [5.74, 6) is 1.71. The van der Waals surface area contributed by atoms with Crippen molar-refractivity contribution in [2.75, 3.05) is 6.54 Å². The van der Waals surface area contributed by atoms with Gasteiger partial charge in [-0.05, 0) is 31.7 Å². The number of rotatable bonds is 3. The van der Waals surface area contributed by atoms with Crippen molar-refractivity contribution in [2.24, 2.45) is 0 Å². The highest BCUT2D eigenvalue weighted by Crippen LogP contribution is 2.38. The number of aryl methyl sites for hydroxylation is 1. The third-order valence-electron chi connectivity index (χ3n) is 4.20. The fourth-order valence-corrected chi connectivity index (χ4v) is 3.55. The van der Waals surface area contributed by atoms with Crippen LogP contribution in [0, 0.1) is 6.92 Å². The van der Waals surface area contributed by atoms with Crippen molar-refractivity contribution in [3.63, 3.8) is 0 Å². The Bertz CT molecular complexity index is 633. The van der Waals surface area contributed by atoms with Gasteiger partial charge in [-0.3, -0.25) is 4.90 Å². The highest BCUT2D eigenvalue weighted by atomic mass is 32.1. The van der Waals surface area contributed by atoms with E-state index in [1.54, 1.807) is 11.3 Å². The zero-order chi connectivity index (χ0) is 13.5. The molecule has 5 heteroatoms. The summed E-state index contributed by atoms with van der Waals surface area (Å²) >= 11 is 1.76. The largest absolute Gasteiger partial charge is 0.292 e. The van der Waals surface area contributed by atoms with Crippen LogP contribution >= 0.6 is 11.3 Å². The molecule has 2 aromatic rings. The molecule has 4 rings (SSSR count). The topological polar surface area (TPSA) is 41.9 Å². The highest BCUT2D eigenvalue weighted by molar-refractivity contribution is 7.09. The van der Waals surface area contributed by atoms with Crippen molar-refractivity contribution in [1.82, 2.24) is 19.9 Å². The zero-order valence-corrected chi connectivity index (χ0v) is 12.5. The van der Waals surface area contributed by atoms with Gasteiger partial charge in [-0.2, -0.15) is 0 Å². The maximum Gasteiger partial charge on any atom is 0.131 e. The van der Waals surface area contributed by atoms with Gasteiger partial charge >= 0.3 is 0 Å². The fraction of sp³-hybridized carbons (Fsp3) is 0.533. The van der Waals surface area contributed by atoms with Crippen LogP contribution in [-0.4, -0.2) is 26.4 Å². The third kappa shape index (κ3) is 2.36. The third-order valence-corrected chi connectivity index (χ3v) is 5.12. The Morgan fingerprint density at radius 3 is 3.00 bits per heavy atom. The molecule has 0 unspecified atom stereocenters. The average Bonchev–Trinajstić information content (AvgIpc) is 3.24. The van der Waals surface area contributed by atoms with Gasteiger partial charge in [0.2, 0.25) is 0 Å². The van der Waals surface area contributed by atoms with Gasteiger partial charge in [0.1, 0.15) is 5.82 Å². The second kappa shape index (κ2) is 4.90. The van der Waals surface area contributed by atoms with Crippen LogP contribution in [0.3, 0.4) is 0 Å². The second-order valence-electron chi connectivity index (χ2n) is 5.80. The summed E-state index contributed by atoms with van der Waals surface area (Å²) < 4.78 is 0. The molecule has 0 amide bonds. The first-order valence-corrected chi connectivity index (χ1v) is 8.13. The van der Waals surface area contributed by atoms with Crippen LogP contribution in [0.2, 0.25) is 0 Å². The predicted molar refractivity (Wildman–Crippen MR) is 78.7 cm³/mol. The summed E-state index contributed by atoms with van der Waals surface area (Å²) in [7, 11) is 0.